The van der Waals surface area contributed by atoms with E-state index in [1.807, 2.05) is 13.0 Å². The molecule has 0 saturated carbocycles. The zero-order valence-corrected chi connectivity index (χ0v) is 12.0. The van der Waals surface area contributed by atoms with E-state index in [2.05, 4.69) is 21.2 Å². The summed E-state index contributed by atoms with van der Waals surface area (Å²) in [6, 6.07) is 11.0. The maximum absolute atomic E-state index is 13.1. The molecule has 2 aromatic carbocycles. The summed E-state index contributed by atoms with van der Waals surface area (Å²) in [7, 11) is 0. The van der Waals surface area contributed by atoms with Crippen molar-refractivity contribution in [2.24, 2.45) is 0 Å². The minimum Gasteiger partial charge on any atom is -0.306 e. The van der Waals surface area contributed by atoms with Gasteiger partial charge in [0.15, 0.2) is 0 Å². The van der Waals surface area contributed by atoms with Crippen molar-refractivity contribution in [2.45, 2.75) is 19.5 Å². The SMILES string of the molecule is CC(NCc1cc(F)ccc1Br)c1cccc(F)c1. The van der Waals surface area contributed by atoms with Gasteiger partial charge in [-0.05, 0) is 48.4 Å². The van der Waals surface area contributed by atoms with E-state index in [-0.39, 0.29) is 17.7 Å². The van der Waals surface area contributed by atoms with Crippen LogP contribution in [0.3, 0.4) is 0 Å². The van der Waals surface area contributed by atoms with E-state index in [1.54, 1.807) is 12.1 Å². The predicted octanol–water partition coefficient (Wildman–Crippen LogP) is 4.58. The fraction of sp³-hybridized carbons (Fsp3) is 0.200. The first kappa shape index (κ1) is 14.2. The summed E-state index contributed by atoms with van der Waals surface area (Å²) in [5, 5.41) is 3.25. The number of benzene rings is 2. The summed E-state index contributed by atoms with van der Waals surface area (Å²) < 4.78 is 27.1. The summed E-state index contributed by atoms with van der Waals surface area (Å²) in [5.41, 5.74) is 1.70. The molecule has 1 N–H and O–H groups in total. The average molecular weight is 326 g/mol. The maximum atomic E-state index is 13.1. The molecule has 0 aliphatic carbocycles. The van der Waals surface area contributed by atoms with Crippen LogP contribution in [-0.2, 0) is 6.54 Å². The Kier molecular flexibility index (Phi) is 4.66. The summed E-state index contributed by atoms with van der Waals surface area (Å²) in [4.78, 5) is 0. The highest BCUT2D eigenvalue weighted by Gasteiger charge is 2.07. The quantitative estimate of drug-likeness (QED) is 0.867. The van der Waals surface area contributed by atoms with Gasteiger partial charge in [-0.2, -0.15) is 0 Å². The van der Waals surface area contributed by atoms with Crippen molar-refractivity contribution < 1.29 is 8.78 Å². The molecule has 0 amide bonds. The van der Waals surface area contributed by atoms with Gasteiger partial charge in [0.1, 0.15) is 11.6 Å². The molecule has 0 radical (unpaired) electrons. The Morgan fingerprint density at radius 3 is 2.58 bits per heavy atom. The van der Waals surface area contributed by atoms with E-state index < -0.39 is 0 Å². The van der Waals surface area contributed by atoms with Crippen LogP contribution in [0.4, 0.5) is 8.78 Å². The van der Waals surface area contributed by atoms with Crippen molar-refractivity contribution in [1.29, 1.82) is 0 Å². The van der Waals surface area contributed by atoms with Gasteiger partial charge < -0.3 is 5.32 Å². The van der Waals surface area contributed by atoms with E-state index in [1.165, 1.54) is 24.3 Å². The molecule has 0 aliphatic heterocycles. The minimum absolute atomic E-state index is 0.00846. The second kappa shape index (κ2) is 6.26. The Morgan fingerprint density at radius 2 is 1.84 bits per heavy atom. The lowest BCUT2D eigenvalue weighted by molar-refractivity contribution is 0.560. The number of halogens is 3. The van der Waals surface area contributed by atoms with Gasteiger partial charge in [-0.1, -0.05) is 28.1 Å². The van der Waals surface area contributed by atoms with Gasteiger partial charge >= 0.3 is 0 Å². The fourth-order valence-electron chi connectivity index (χ4n) is 1.84. The highest BCUT2D eigenvalue weighted by atomic mass is 79.9. The van der Waals surface area contributed by atoms with E-state index in [9.17, 15) is 8.78 Å². The van der Waals surface area contributed by atoms with Crippen LogP contribution in [0.5, 0.6) is 0 Å². The van der Waals surface area contributed by atoms with E-state index in [0.29, 0.717) is 6.54 Å². The first-order valence-corrected chi connectivity index (χ1v) is 6.78. The van der Waals surface area contributed by atoms with Crippen molar-refractivity contribution in [1.82, 2.24) is 5.32 Å². The maximum Gasteiger partial charge on any atom is 0.123 e. The van der Waals surface area contributed by atoms with Crippen molar-refractivity contribution in [3.63, 3.8) is 0 Å². The zero-order chi connectivity index (χ0) is 13.8. The third kappa shape index (κ3) is 3.85. The zero-order valence-electron chi connectivity index (χ0n) is 10.5. The number of hydrogen-bond acceptors (Lipinski definition) is 1. The van der Waals surface area contributed by atoms with Crippen LogP contribution < -0.4 is 5.32 Å². The molecule has 0 spiro atoms. The highest BCUT2D eigenvalue weighted by molar-refractivity contribution is 9.10. The van der Waals surface area contributed by atoms with Crippen molar-refractivity contribution in [3.8, 4) is 0 Å². The van der Waals surface area contributed by atoms with Gasteiger partial charge in [-0.3, -0.25) is 0 Å². The monoisotopic (exact) mass is 325 g/mol. The first-order chi connectivity index (χ1) is 9.06. The molecule has 0 saturated heterocycles. The van der Waals surface area contributed by atoms with Crippen LogP contribution in [0.15, 0.2) is 46.9 Å². The van der Waals surface area contributed by atoms with Crippen LogP contribution >= 0.6 is 15.9 Å². The normalized spacial score (nSPS) is 12.4. The van der Waals surface area contributed by atoms with Gasteiger partial charge in [0.05, 0.1) is 0 Å². The fourth-order valence-corrected chi connectivity index (χ4v) is 2.22. The molecule has 4 heteroatoms. The Bertz CT molecular complexity index is 572. The van der Waals surface area contributed by atoms with E-state index in [0.717, 1.165) is 15.6 Å². The molecule has 2 aromatic rings. The van der Waals surface area contributed by atoms with Gasteiger partial charge in [0.2, 0.25) is 0 Å². The van der Waals surface area contributed by atoms with Crippen LogP contribution in [0.2, 0.25) is 0 Å². The van der Waals surface area contributed by atoms with E-state index in [4.69, 9.17) is 0 Å². The molecule has 0 bridgehead atoms. The summed E-state index contributed by atoms with van der Waals surface area (Å²) >= 11 is 3.38. The number of rotatable bonds is 4. The third-order valence-electron chi connectivity index (χ3n) is 2.96. The van der Waals surface area contributed by atoms with E-state index >= 15 is 0 Å². The molecule has 1 nitrogen and oxygen atoms in total. The van der Waals surface area contributed by atoms with Crippen LogP contribution in [0, 0.1) is 11.6 Å². The first-order valence-electron chi connectivity index (χ1n) is 5.99. The second-order valence-electron chi connectivity index (χ2n) is 4.39. The van der Waals surface area contributed by atoms with Gasteiger partial charge in [-0.15, -0.1) is 0 Å². The van der Waals surface area contributed by atoms with Crippen molar-refractivity contribution in [2.75, 3.05) is 0 Å². The molecule has 2 rings (SSSR count). The van der Waals surface area contributed by atoms with Crippen molar-refractivity contribution in [3.05, 3.63) is 69.7 Å². The van der Waals surface area contributed by atoms with Gasteiger partial charge in [0.25, 0.3) is 0 Å². The molecule has 0 heterocycles. The lowest BCUT2D eigenvalue weighted by Crippen LogP contribution is -2.18. The molecule has 0 aliphatic rings. The van der Waals surface area contributed by atoms with Crippen LogP contribution in [0.25, 0.3) is 0 Å². The average Bonchev–Trinajstić information content (AvgIpc) is 2.39. The van der Waals surface area contributed by atoms with Gasteiger partial charge in [-0.25, -0.2) is 8.78 Å². The lowest BCUT2D eigenvalue weighted by Gasteiger charge is -2.15. The number of nitrogens with one attached hydrogen (secondary N) is 1. The molecule has 1 unspecified atom stereocenters. The lowest BCUT2D eigenvalue weighted by atomic mass is 10.1. The second-order valence-corrected chi connectivity index (χ2v) is 5.25. The predicted molar refractivity (Wildman–Crippen MR) is 75.8 cm³/mol. The largest absolute Gasteiger partial charge is 0.306 e. The van der Waals surface area contributed by atoms with Crippen molar-refractivity contribution >= 4 is 15.9 Å². The third-order valence-corrected chi connectivity index (χ3v) is 3.73. The van der Waals surface area contributed by atoms with Gasteiger partial charge in [0, 0.05) is 17.1 Å². The van der Waals surface area contributed by atoms with Crippen LogP contribution in [0.1, 0.15) is 24.1 Å². The smallest absolute Gasteiger partial charge is 0.123 e. The molecule has 1 atom stereocenters. The Balaban J connectivity index is 2.04. The summed E-state index contributed by atoms with van der Waals surface area (Å²) in [5.74, 6) is -0.517. The standard InChI is InChI=1S/C15H14BrF2N/c1-10(11-3-2-4-13(17)7-11)19-9-12-8-14(18)5-6-15(12)16/h2-8,10,19H,9H2,1H3. The Morgan fingerprint density at radius 1 is 1.11 bits per heavy atom. The topological polar surface area (TPSA) is 12.0 Å². The summed E-state index contributed by atoms with van der Waals surface area (Å²) in [6.07, 6.45) is 0. The van der Waals surface area contributed by atoms with Crippen LogP contribution in [-0.4, -0.2) is 0 Å². The Hall–Kier alpha value is -1.26. The minimum atomic E-state index is -0.265. The molecule has 100 valence electrons. The molecule has 19 heavy (non-hydrogen) atoms. The Labute approximate surface area is 119 Å². The molecule has 0 aromatic heterocycles. The summed E-state index contributed by atoms with van der Waals surface area (Å²) in [6.45, 7) is 2.46. The molecular weight excluding hydrogens is 312 g/mol. The molecular formula is C15H14BrF2N. The number of hydrogen-bond donors (Lipinski definition) is 1. The molecule has 0 fully saturated rings. The highest BCUT2D eigenvalue weighted by Crippen LogP contribution is 2.19.